The van der Waals surface area contributed by atoms with Gasteiger partial charge in [-0.05, 0) is 42.7 Å². The molecule has 1 aromatic heterocycles. The minimum absolute atomic E-state index is 0.152. The van der Waals surface area contributed by atoms with Crippen molar-refractivity contribution in [1.29, 1.82) is 0 Å². The standard InChI is InChI=1S/C23H25Cl2N5O2S/c1-14(2)11-19(27-22(32)17-9-4-5-10-18(17)25)21-28-29-23(30(21)3)33-13-20(31)26-16-8-6-7-15(24)12-16/h4-10,12,14,19H,11,13H2,1-3H3,(H,26,31)(H,27,32)/t19-/m0/s1. The molecule has 0 aliphatic carbocycles. The lowest BCUT2D eigenvalue weighted by Gasteiger charge is -2.20. The van der Waals surface area contributed by atoms with E-state index in [4.69, 9.17) is 23.2 Å². The minimum Gasteiger partial charge on any atom is -0.342 e. The molecule has 10 heteroatoms. The van der Waals surface area contributed by atoms with Crippen molar-refractivity contribution in [3.8, 4) is 0 Å². The summed E-state index contributed by atoms with van der Waals surface area (Å²) in [4.78, 5) is 25.2. The van der Waals surface area contributed by atoms with Crippen molar-refractivity contribution < 1.29 is 9.59 Å². The van der Waals surface area contributed by atoms with Gasteiger partial charge in [0.25, 0.3) is 5.91 Å². The van der Waals surface area contributed by atoms with Crippen LogP contribution in [0, 0.1) is 5.92 Å². The number of hydrogen-bond donors (Lipinski definition) is 2. The van der Waals surface area contributed by atoms with E-state index in [0.717, 1.165) is 0 Å². The fourth-order valence-corrected chi connectivity index (χ4v) is 4.36. The molecule has 2 amide bonds. The van der Waals surface area contributed by atoms with Crippen LogP contribution in [-0.2, 0) is 11.8 Å². The second-order valence-electron chi connectivity index (χ2n) is 7.88. The molecule has 2 aromatic carbocycles. The van der Waals surface area contributed by atoms with Crippen LogP contribution in [0.1, 0.15) is 42.5 Å². The highest BCUT2D eigenvalue weighted by Crippen LogP contribution is 2.25. The van der Waals surface area contributed by atoms with Crippen LogP contribution in [0.5, 0.6) is 0 Å². The number of carbonyl (C=O) groups is 2. The number of nitrogens with zero attached hydrogens (tertiary/aromatic N) is 3. The summed E-state index contributed by atoms with van der Waals surface area (Å²) in [6, 6.07) is 13.5. The van der Waals surface area contributed by atoms with Gasteiger partial charge in [0.2, 0.25) is 5.91 Å². The average molecular weight is 506 g/mol. The Morgan fingerprint density at radius 3 is 2.55 bits per heavy atom. The Morgan fingerprint density at radius 2 is 1.85 bits per heavy atom. The van der Waals surface area contributed by atoms with E-state index in [2.05, 4.69) is 34.7 Å². The predicted molar refractivity (Wildman–Crippen MR) is 133 cm³/mol. The van der Waals surface area contributed by atoms with Gasteiger partial charge in [0.1, 0.15) is 0 Å². The molecule has 0 bridgehead atoms. The first-order chi connectivity index (χ1) is 15.7. The van der Waals surface area contributed by atoms with Crippen molar-refractivity contribution in [2.75, 3.05) is 11.1 Å². The van der Waals surface area contributed by atoms with Gasteiger partial charge in [-0.1, -0.05) is 67.0 Å². The van der Waals surface area contributed by atoms with Gasteiger partial charge >= 0.3 is 0 Å². The van der Waals surface area contributed by atoms with E-state index in [9.17, 15) is 9.59 Å². The number of thioether (sulfide) groups is 1. The van der Waals surface area contributed by atoms with Gasteiger partial charge in [0.05, 0.1) is 22.4 Å². The van der Waals surface area contributed by atoms with Crippen LogP contribution >= 0.6 is 35.0 Å². The van der Waals surface area contributed by atoms with E-state index in [1.165, 1.54) is 11.8 Å². The first-order valence-electron chi connectivity index (χ1n) is 10.4. The molecule has 0 unspecified atom stereocenters. The van der Waals surface area contributed by atoms with E-state index in [1.807, 2.05) is 7.05 Å². The normalized spacial score (nSPS) is 11.9. The number of halogens is 2. The molecular weight excluding hydrogens is 481 g/mol. The number of nitrogens with one attached hydrogen (secondary N) is 2. The Kier molecular flexibility index (Phi) is 8.77. The molecule has 0 radical (unpaired) electrons. The fraction of sp³-hybridized carbons (Fsp3) is 0.304. The summed E-state index contributed by atoms with van der Waals surface area (Å²) in [5.41, 5.74) is 1.04. The molecule has 33 heavy (non-hydrogen) atoms. The largest absolute Gasteiger partial charge is 0.342 e. The molecule has 0 saturated carbocycles. The maximum absolute atomic E-state index is 12.8. The highest BCUT2D eigenvalue weighted by molar-refractivity contribution is 7.99. The summed E-state index contributed by atoms with van der Waals surface area (Å²) < 4.78 is 1.80. The molecule has 0 saturated heterocycles. The van der Waals surface area contributed by atoms with Crippen LogP contribution in [0.15, 0.2) is 53.7 Å². The zero-order chi connectivity index (χ0) is 24.0. The Labute approximate surface area is 207 Å². The van der Waals surface area contributed by atoms with E-state index >= 15 is 0 Å². The molecule has 3 rings (SSSR count). The molecule has 1 heterocycles. The van der Waals surface area contributed by atoms with Gasteiger partial charge in [-0.25, -0.2) is 0 Å². The lowest BCUT2D eigenvalue weighted by atomic mass is 10.0. The van der Waals surface area contributed by atoms with Gasteiger partial charge in [-0.3, -0.25) is 9.59 Å². The van der Waals surface area contributed by atoms with Gasteiger partial charge in [0.15, 0.2) is 11.0 Å². The van der Waals surface area contributed by atoms with Gasteiger partial charge in [-0.15, -0.1) is 10.2 Å². The SMILES string of the molecule is CC(C)C[C@H](NC(=O)c1ccccc1Cl)c1nnc(SCC(=O)Nc2cccc(Cl)c2)n1C. The molecule has 0 aliphatic rings. The highest BCUT2D eigenvalue weighted by Gasteiger charge is 2.24. The van der Waals surface area contributed by atoms with E-state index in [1.54, 1.807) is 53.1 Å². The molecule has 0 spiro atoms. The smallest absolute Gasteiger partial charge is 0.253 e. The molecule has 3 aromatic rings. The molecule has 1 atom stereocenters. The summed E-state index contributed by atoms with van der Waals surface area (Å²) in [5.74, 6) is 0.612. The first-order valence-corrected chi connectivity index (χ1v) is 12.1. The summed E-state index contributed by atoms with van der Waals surface area (Å²) in [6.07, 6.45) is 0.669. The number of amides is 2. The van der Waals surface area contributed by atoms with Crippen LogP contribution < -0.4 is 10.6 Å². The maximum Gasteiger partial charge on any atom is 0.253 e. The average Bonchev–Trinajstić information content (AvgIpc) is 3.12. The van der Waals surface area contributed by atoms with Gasteiger partial charge in [-0.2, -0.15) is 0 Å². The number of benzene rings is 2. The summed E-state index contributed by atoms with van der Waals surface area (Å²) in [5, 5.41) is 15.9. The van der Waals surface area contributed by atoms with Crippen molar-refractivity contribution in [1.82, 2.24) is 20.1 Å². The van der Waals surface area contributed by atoms with Crippen LogP contribution in [-0.4, -0.2) is 32.3 Å². The summed E-state index contributed by atoms with van der Waals surface area (Å²) >= 11 is 13.4. The zero-order valence-electron chi connectivity index (χ0n) is 18.5. The van der Waals surface area contributed by atoms with Gasteiger partial charge < -0.3 is 15.2 Å². The third-order valence-corrected chi connectivity index (χ3v) is 6.34. The van der Waals surface area contributed by atoms with Crippen LogP contribution in [0.4, 0.5) is 5.69 Å². The molecule has 0 fully saturated rings. The van der Waals surface area contributed by atoms with Crippen LogP contribution in [0.3, 0.4) is 0 Å². The maximum atomic E-state index is 12.8. The second-order valence-corrected chi connectivity index (χ2v) is 9.67. The Bertz CT molecular complexity index is 1140. The number of carbonyl (C=O) groups excluding carboxylic acids is 2. The van der Waals surface area contributed by atoms with E-state index in [0.29, 0.717) is 44.6 Å². The fourth-order valence-electron chi connectivity index (χ4n) is 3.23. The zero-order valence-corrected chi connectivity index (χ0v) is 20.8. The van der Waals surface area contributed by atoms with Crippen molar-refractivity contribution in [2.24, 2.45) is 13.0 Å². The summed E-state index contributed by atoms with van der Waals surface area (Å²) in [7, 11) is 1.82. The quantitative estimate of drug-likeness (QED) is 0.381. The first kappa shape index (κ1) is 25.1. The number of aromatic nitrogens is 3. The van der Waals surface area contributed by atoms with Crippen molar-refractivity contribution in [3.05, 3.63) is 70.0 Å². The monoisotopic (exact) mass is 505 g/mol. The third kappa shape index (κ3) is 6.96. The Morgan fingerprint density at radius 1 is 1.09 bits per heavy atom. The molecular formula is C23H25Cl2N5O2S. The highest BCUT2D eigenvalue weighted by atomic mass is 35.5. The molecule has 0 aliphatic heterocycles. The van der Waals surface area contributed by atoms with Crippen LogP contribution in [0.2, 0.25) is 10.0 Å². The van der Waals surface area contributed by atoms with Crippen molar-refractivity contribution in [2.45, 2.75) is 31.5 Å². The summed E-state index contributed by atoms with van der Waals surface area (Å²) in [6.45, 7) is 4.14. The number of hydrogen-bond acceptors (Lipinski definition) is 5. The number of rotatable bonds is 9. The molecule has 174 valence electrons. The Balaban J connectivity index is 1.69. The van der Waals surface area contributed by atoms with Crippen molar-refractivity contribution >= 4 is 52.5 Å². The van der Waals surface area contributed by atoms with Gasteiger partial charge in [0, 0.05) is 17.8 Å². The number of anilines is 1. The predicted octanol–water partition coefficient (Wildman–Crippen LogP) is 5.37. The van der Waals surface area contributed by atoms with Crippen molar-refractivity contribution in [3.63, 3.8) is 0 Å². The van der Waals surface area contributed by atoms with E-state index in [-0.39, 0.29) is 23.6 Å². The van der Waals surface area contributed by atoms with Crippen LogP contribution in [0.25, 0.3) is 0 Å². The third-order valence-electron chi connectivity index (χ3n) is 4.75. The molecule has 2 N–H and O–H groups in total. The minimum atomic E-state index is -0.360. The second kappa shape index (κ2) is 11.5. The lowest BCUT2D eigenvalue weighted by molar-refractivity contribution is -0.113. The topological polar surface area (TPSA) is 88.9 Å². The molecule has 7 nitrogen and oxygen atoms in total. The Hall–Kier alpha value is -2.55. The van der Waals surface area contributed by atoms with E-state index < -0.39 is 0 Å². The lowest BCUT2D eigenvalue weighted by Crippen LogP contribution is -2.31.